The minimum atomic E-state index is -4.52. The molecule has 5 nitrogen and oxygen atoms in total. The van der Waals surface area contributed by atoms with Gasteiger partial charge in [0, 0.05) is 24.0 Å². The first-order valence-electron chi connectivity index (χ1n) is 5.83. The number of primary amides is 1. The zero-order chi connectivity index (χ0) is 16.3. The van der Waals surface area contributed by atoms with Crippen LogP contribution in [0, 0.1) is 5.82 Å². The molecule has 0 fully saturated rings. The van der Waals surface area contributed by atoms with Gasteiger partial charge in [-0.3, -0.25) is 0 Å². The molecule has 0 aliphatic heterocycles. The molecule has 2 rings (SSSR count). The standard InChI is InChI=1S/C13H9F4N3O2/c14-9-5-8(20-12(18)21)2-3-10(9)22-11-4-1-7(6-19-11)13(15,16)17/h1-6H,(H3,18,20,21). The van der Waals surface area contributed by atoms with Gasteiger partial charge in [-0.25, -0.2) is 14.2 Å². The number of hydrogen-bond donors (Lipinski definition) is 2. The van der Waals surface area contributed by atoms with E-state index in [1.165, 1.54) is 12.1 Å². The van der Waals surface area contributed by atoms with E-state index in [0.717, 1.165) is 18.2 Å². The van der Waals surface area contributed by atoms with Gasteiger partial charge in [-0.2, -0.15) is 13.2 Å². The Morgan fingerprint density at radius 1 is 1.23 bits per heavy atom. The number of rotatable bonds is 3. The molecule has 2 aromatic rings. The van der Waals surface area contributed by atoms with Crippen molar-refractivity contribution >= 4 is 11.7 Å². The summed E-state index contributed by atoms with van der Waals surface area (Å²) in [5.41, 5.74) is 4.05. The second-order valence-corrected chi connectivity index (χ2v) is 4.12. The van der Waals surface area contributed by atoms with Crippen LogP contribution in [0.2, 0.25) is 0 Å². The minimum Gasteiger partial charge on any atom is -0.436 e. The number of hydrogen-bond acceptors (Lipinski definition) is 3. The fourth-order valence-corrected chi connectivity index (χ4v) is 1.52. The predicted molar refractivity (Wildman–Crippen MR) is 68.9 cm³/mol. The van der Waals surface area contributed by atoms with Gasteiger partial charge in [-0.1, -0.05) is 0 Å². The van der Waals surface area contributed by atoms with Crippen molar-refractivity contribution in [1.29, 1.82) is 0 Å². The van der Waals surface area contributed by atoms with Gasteiger partial charge in [0.15, 0.2) is 11.6 Å². The number of nitrogens with one attached hydrogen (secondary N) is 1. The fourth-order valence-electron chi connectivity index (χ4n) is 1.52. The summed E-state index contributed by atoms with van der Waals surface area (Å²) in [5.74, 6) is -1.31. The predicted octanol–water partition coefficient (Wildman–Crippen LogP) is 3.52. The van der Waals surface area contributed by atoms with Crippen LogP contribution in [0.5, 0.6) is 11.6 Å². The van der Waals surface area contributed by atoms with E-state index in [1.807, 2.05) is 0 Å². The summed E-state index contributed by atoms with van der Waals surface area (Å²) < 4.78 is 55.9. The molecule has 0 atom stereocenters. The lowest BCUT2D eigenvalue weighted by Crippen LogP contribution is -2.19. The molecule has 3 N–H and O–H groups in total. The molecule has 1 heterocycles. The molecule has 0 saturated carbocycles. The largest absolute Gasteiger partial charge is 0.436 e. The molecule has 0 bridgehead atoms. The van der Waals surface area contributed by atoms with Crippen LogP contribution in [-0.2, 0) is 6.18 Å². The highest BCUT2D eigenvalue weighted by atomic mass is 19.4. The number of nitrogens with zero attached hydrogens (tertiary/aromatic N) is 1. The number of urea groups is 1. The van der Waals surface area contributed by atoms with Crippen LogP contribution < -0.4 is 15.8 Å². The molecule has 1 aromatic heterocycles. The second kappa shape index (κ2) is 5.88. The van der Waals surface area contributed by atoms with Crippen molar-refractivity contribution in [2.75, 3.05) is 5.32 Å². The van der Waals surface area contributed by atoms with Crippen LogP contribution in [0.4, 0.5) is 28.0 Å². The van der Waals surface area contributed by atoms with Gasteiger partial charge in [0.2, 0.25) is 5.88 Å². The molecule has 0 aliphatic rings. The number of anilines is 1. The van der Waals surface area contributed by atoms with E-state index in [-0.39, 0.29) is 17.3 Å². The first kappa shape index (κ1) is 15.5. The third kappa shape index (κ3) is 3.84. The molecule has 1 aromatic carbocycles. The van der Waals surface area contributed by atoms with E-state index in [2.05, 4.69) is 10.3 Å². The van der Waals surface area contributed by atoms with Crippen LogP contribution >= 0.6 is 0 Å². The summed E-state index contributed by atoms with van der Waals surface area (Å²) in [5, 5.41) is 2.16. The van der Waals surface area contributed by atoms with Gasteiger partial charge >= 0.3 is 12.2 Å². The number of nitrogens with two attached hydrogens (primary N) is 1. The number of benzene rings is 1. The highest BCUT2D eigenvalue weighted by Crippen LogP contribution is 2.30. The molecule has 2 amide bonds. The maximum atomic E-state index is 13.7. The van der Waals surface area contributed by atoms with Crippen LogP contribution in [0.3, 0.4) is 0 Å². The quantitative estimate of drug-likeness (QED) is 0.851. The Morgan fingerprint density at radius 2 is 1.95 bits per heavy atom. The van der Waals surface area contributed by atoms with Crippen molar-refractivity contribution in [1.82, 2.24) is 4.98 Å². The average Bonchev–Trinajstić information content (AvgIpc) is 2.41. The fraction of sp³-hybridized carbons (Fsp3) is 0.0769. The van der Waals surface area contributed by atoms with Gasteiger partial charge < -0.3 is 15.8 Å². The highest BCUT2D eigenvalue weighted by Gasteiger charge is 2.30. The van der Waals surface area contributed by atoms with Gasteiger partial charge in [0.1, 0.15) is 0 Å². The first-order chi connectivity index (χ1) is 10.3. The zero-order valence-electron chi connectivity index (χ0n) is 10.8. The van der Waals surface area contributed by atoms with Gasteiger partial charge in [0.25, 0.3) is 0 Å². The number of carbonyl (C=O) groups excluding carboxylic acids is 1. The van der Waals surface area contributed by atoms with Gasteiger partial charge in [-0.15, -0.1) is 0 Å². The van der Waals surface area contributed by atoms with Crippen molar-refractivity contribution < 1.29 is 27.1 Å². The molecule has 0 saturated heterocycles. The Bertz CT molecular complexity index is 687. The Balaban J connectivity index is 2.15. The van der Waals surface area contributed by atoms with Crippen molar-refractivity contribution in [3.05, 3.63) is 47.9 Å². The lowest BCUT2D eigenvalue weighted by atomic mass is 10.2. The molecule has 0 radical (unpaired) electrons. The third-order valence-corrected chi connectivity index (χ3v) is 2.48. The van der Waals surface area contributed by atoms with Crippen molar-refractivity contribution in [2.24, 2.45) is 5.73 Å². The minimum absolute atomic E-state index is 0.109. The molecule has 0 spiro atoms. The van der Waals surface area contributed by atoms with Crippen molar-refractivity contribution in [3.63, 3.8) is 0 Å². The Kier molecular flexibility index (Phi) is 4.15. The first-order valence-corrected chi connectivity index (χ1v) is 5.83. The molecular formula is C13H9F4N3O2. The van der Waals surface area contributed by atoms with Crippen molar-refractivity contribution in [2.45, 2.75) is 6.18 Å². The lowest BCUT2D eigenvalue weighted by molar-refractivity contribution is -0.137. The summed E-state index contributed by atoms with van der Waals surface area (Å²) >= 11 is 0. The molecule has 22 heavy (non-hydrogen) atoms. The number of amides is 2. The number of halogens is 4. The number of pyridine rings is 1. The normalized spacial score (nSPS) is 11.1. The summed E-state index contributed by atoms with van der Waals surface area (Å²) in [4.78, 5) is 14.1. The van der Waals surface area contributed by atoms with E-state index < -0.39 is 23.6 Å². The summed E-state index contributed by atoms with van der Waals surface area (Å²) in [6, 6.07) is 4.32. The Morgan fingerprint density at radius 3 is 2.45 bits per heavy atom. The number of ether oxygens (including phenoxy) is 1. The van der Waals surface area contributed by atoms with E-state index in [4.69, 9.17) is 10.5 Å². The van der Waals surface area contributed by atoms with Crippen LogP contribution in [0.15, 0.2) is 36.5 Å². The molecule has 9 heteroatoms. The maximum absolute atomic E-state index is 13.7. The number of carbonyl (C=O) groups is 1. The molecule has 116 valence electrons. The maximum Gasteiger partial charge on any atom is 0.417 e. The Labute approximate surface area is 121 Å². The zero-order valence-corrected chi connectivity index (χ0v) is 10.8. The second-order valence-electron chi connectivity index (χ2n) is 4.12. The highest BCUT2D eigenvalue weighted by molar-refractivity contribution is 5.87. The van der Waals surface area contributed by atoms with Crippen molar-refractivity contribution in [3.8, 4) is 11.6 Å². The topological polar surface area (TPSA) is 77.2 Å². The van der Waals surface area contributed by atoms with Crippen LogP contribution in [-0.4, -0.2) is 11.0 Å². The smallest absolute Gasteiger partial charge is 0.417 e. The molecular weight excluding hydrogens is 306 g/mol. The Hall–Kier alpha value is -2.84. The monoisotopic (exact) mass is 315 g/mol. The van der Waals surface area contributed by atoms with E-state index >= 15 is 0 Å². The summed E-state index contributed by atoms with van der Waals surface area (Å²) in [7, 11) is 0. The van der Waals surface area contributed by atoms with Gasteiger partial charge in [-0.05, 0) is 18.2 Å². The summed E-state index contributed by atoms with van der Waals surface area (Å²) in [6.45, 7) is 0. The lowest BCUT2D eigenvalue weighted by Gasteiger charge is -2.09. The number of aromatic nitrogens is 1. The van der Waals surface area contributed by atoms with Crippen LogP contribution in [0.1, 0.15) is 5.56 Å². The number of alkyl halides is 3. The van der Waals surface area contributed by atoms with E-state index in [9.17, 15) is 22.4 Å². The van der Waals surface area contributed by atoms with E-state index in [1.54, 1.807) is 0 Å². The van der Waals surface area contributed by atoms with Gasteiger partial charge in [0.05, 0.1) is 5.56 Å². The van der Waals surface area contributed by atoms with E-state index in [0.29, 0.717) is 6.20 Å². The average molecular weight is 315 g/mol. The molecule has 0 aliphatic carbocycles. The van der Waals surface area contributed by atoms with Crippen LogP contribution in [0.25, 0.3) is 0 Å². The SMILES string of the molecule is NC(=O)Nc1ccc(Oc2ccc(C(F)(F)F)cn2)c(F)c1. The summed E-state index contributed by atoms with van der Waals surface area (Å²) in [6.07, 6.45) is -3.94. The third-order valence-electron chi connectivity index (χ3n) is 2.48. The molecule has 0 unspecified atom stereocenters.